The van der Waals surface area contributed by atoms with Crippen molar-refractivity contribution in [3.8, 4) is 0 Å². The standard InChI is InChI=1S/C19H14N4O/c24-19(14-8-9-17-18(10-14)21-12-20-17)23-22-11-15-6-3-5-13-4-1-2-7-16(13)15/h1-12H,(H,20,21)(H,23,24)/b22-11-. The van der Waals surface area contributed by atoms with Gasteiger partial charge in [-0.2, -0.15) is 5.10 Å². The van der Waals surface area contributed by atoms with E-state index in [4.69, 9.17) is 0 Å². The molecule has 0 atom stereocenters. The van der Waals surface area contributed by atoms with Crippen molar-refractivity contribution in [2.45, 2.75) is 0 Å². The fraction of sp³-hybridized carbons (Fsp3) is 0. The summed E-state index contributed by atoms with van der Waals surface area (Å²) in [4.78, 5) is 19.3. The van der Waals surface area contributed by atoms with E-state index in [0.717, 1.165) is 27.4 Å². The van der Waals surface area contributed by atoms with Crippen LogP contribution in [0.25, 0.3) is 21.8 Å². The van der Waals surface area contributed by atoms with Gasteiger partial charge in [0.25, 0.3) is 5.91 Å². The Balaban J connectivity index is 1.54. The van der Waals surface area contributed by atoms with E-state index in [1.54, 1.807) is 30.7 Å². The predicted molar refractivity (Wildman–Crippen MR) is 95.1 cm³/mol. The second kappa shape index (κ2) is 5.96. The third-order valence-corrected chi connectivity index (χ3v) is 3.88. The molecule has 0 saturated heterocycles. The number of fused-ring (bicyclic) bond motifs is 2. The third-order valence-electron chi connectivity index (χ3n) is 3.88. The number of hydrogen-bond acceptors (Lipinski definition) is 3. The number of nitrogens with one attached hydrogen (secondary N) is 2. The van der Waals surface area contributed by atoms with Gasteiger partial charge in [-0.25, -0.2) is 10.4 Å². The van der Waals surface area contributed by atoms with Gasteiger partial charge in [-0.3, -0.25) is 4.79 Å². The summed E-state index contributed by atoms with van der Waals surface area (Å²) < 4.78 is 0. The van der Waals surface area contributed by atoms with Crippen LogP contribution in [0.3, 0.4) is 0 Å². The summed E-state index contributed by atoms with van der Waals surface area (Å²) in [6.45, 7) is 0. The number of benzene rings is 3. The van der Waals surface area contributed by atoms with E-state index in [1.807, 2.05) is 42.5 Å². The van der Waals surface area contributed by atoms with Crippen molar-refractivity contribution in [2.75, 3.05) is 0 Å². The molecule has 1 amide bonds. The second-order valence-electron chi connectivity index (χ2n) is 5.40. The monoisotopic (exact) mass is 314 g/mol. The molecule has 0 fully saturated rings. The minimum atomic E-state index is -0.261. The van der Waals surface area contributed by atoms with Crippen molar-refractivity contribution in [3.63, 3.8) is 0 Å². The lowest BCUT2D eigenvalue weighted by Crippen LogP contribution is -2.17. The lowest BCUT2D eigenvalue weighted by atomic mass is 10.1. The zero-order chi connectivity index (χ0) is 16.4. The van der Waals surface area contributed by atoms with Gasteiger partial charge in [0.05, 0.1) is 23.6 Å². The molecule has 2 N–H and O–H groups in total. The maximum atomic E-state index is 12.2. The van der Waals surface area contributed by atoms with Crippen LogP contribution in [0, 0.1) is 0 Å². The number of H-pyrrole nitrogens is 1. The first-order valence-corrected chi connectivity index (χ1v) is 7.55. The number of imidazole rings is 1. The van der Waals surface area contributed by atoms with Gasteiger partial charge in [-0.15, -0.1) is 0 Å². The number of rotatable bonds is 3. The number of carbonyl (C=O) groups is 1. The number of nitrogens with zero attached hydrogens (tertiary/aromatic N) is 2. The molecule has 4 rings (SSSR count). The Morgan fingerprint density at radius 2 is 1.96 bits per heavy atom. The molecule has 0 aliphatic carbocycles. The highest BCUT2D eigenvalue weighted by Gasteiger charge is 2.06. The number of hydrogen-bond donors (Lipinski definition) is 2. The van der Waals surface area contributed by atoms with Crippen LogP contribution in [0.5, 0.6) is 0 Å². The summed E-state index contributed by atoms with van der Waals surface area (Å²) >= 11 is 0. The summed E-state index contributed by atoms with van der Waals surface area (Å²) in [5.41, 5.74) is 5.70. The maximum Gasteiger partial charge on any atom is 0.271 e. The topological polar surface area (TPSA) is 70.1 Å². The SMILES string of the molecule is O=C(N/N=C\c1cccc2ccccc12)c1ccc2nc[nH]c2c1. The van der Waals surface area contributed by atoms with Crippen LogP contribution >= 0.6 is 0 Å². The highest BCUT2D eigenvalue weighted by Crippen LogP contribution is 2.16. The molecule has 0 aliphatic heterocycles. The fourth-order valence-corrected chi connectivity index (χ4v) is 2.66. The van der Waals surface area contributed by atoms with Crippen LogP contribution < -0.4 is 5.43 Å². The summed E-state index contributed by atoms with van der Waals surface area (Å²) in [5, 5.41) is 6.32. The van der Waals surface area contributed by atoms with E-state index in [-0.39, 0.29) is 5.91 Å². The number of hydrazone groups is 1. The lowest BCUT2D eigenvalue weighted by Gasteiger charge is -2.02. The van der Waals surface area contributed by atoms with Crippen molar-refractivity contribution < 1.29 is 4.79 Å². The van der Waals surface area contributed by atoms with Crippen LogP contribution in [0.4, 0.5) is 0 Å². The van der Waals surface area contributed by atoms with Crippen molar-refractivity contribution in [2.24, 2.45) is 5.10 Å². The molecule has 0 radical (unpaired) electrons. The molecule has 0 saturated carbocycles. The van der Waals surface area contributed by atoms with Crippen molar-refractivity contribution in [1.29, 1.82) is 0 Å². The number of aromatic amines is 1. The van der Waals surface area contributed by atoms with E-state index in [1.165, 1.54) is 0 Å². The van der Waals surface area contributed by atoms with Crippen molar-refractivity contribution >= 4 is 33.9 Å². The van der Waals surface area contributed by atoms with Gasteiger partial charge in [-0.1, -0.05) is 42.5 Å². The highest BCUT2D eigenvalue weighted by molar-refractivity contribution is 6.01. The molecular weight excluding hydrogens is 300 g/mol. The van der Waals surface area contributed by atoms with Crippen LogP contribution in [-0.4, -0.2) is 22.1 Å². The molecule has 0 spiro atoms. The summed E-state index contributed by atoms with van der Waals surface area (Å²) in [5.74, 6) is -0.261. The first-order chi connectivity index (χ1) is 11.8. The minimum absolute atomic E-state index is 0.261. The molecule has 5 heteroatoms. The quantitative estimate of drug-likeness (QED) is 0.449. The van der Waals surface area contributed by atoms with E-state index < -0.39 is 0 Å². The van der Waals surface area contributed by atoms with E-state index in [0.29, 0.717) is 5.56 Å². The Hall–Kier alpha value is -3.47. The van der Waals surface area contributed by atoms with Gasteiger partial charge in [0.15, 0.2) is 0 Å². The maximum absolute atomic E-state index is 12.2. The number of amides is 1. The average Bonchev–Trinajstić information content (AvgIpc) is 3.09. The normalized spacial score (nSPS) is 11.3. The van der Waals surface area contributed by atoms with E-state index in [9.17, 15) is 4.79 Å². The first kappa shape index (κ1) is 14.1. The van der Waals surface area contributed by atoms with Gasteiger partial charge in [0, 0.05) is 11.1 Å². The molecule has 0 bridgehead atoms. The van der Waals surface area contributed by atoms with Gasteiger partial charge >= 0.3 is 0 Å². The largest absolute Gasteiger partial charge is 0.345 e. The predicted octanol–water partition coefficient (Wildman–Crippen LogP) is 3.48. The van der Waals surface area contributed by atoms with Gasteiger partial charge in [0.2, 0.25) is 0 Å². The van der Waals surface area contributed by atoms with E-state index in [2.05, 4.69) is 20.5 Å². The van der Waals surface area contributed by atoms with Gasteiger partial charge < -0.3 is 4.98 Å². The van der Waals surface area contributed by atoms with Crippen LogP contribution in [-0.2, 0) is 0 Å². The smallest absolute Gasteiger partial charge is 0.271 e. The Bertz CT molecular complexity index is 1060. The van der Waals surface area contributed by atoms with Crippen molar-refractivity contribution in [3.05, 3.63) is 78.1 Å². The van der Waals surface area contributed by atoms with Crippen LogP contribution in [0.15, 0.2) is 72.1 Å². The molecule has 1 aromatic heterocycles. The zero-order valence-electron chi connectivity index (χ0n) is 12.7. The second-order valence-corrected chi connectivity index (χ2v) is 5.40. The molecule has 116 valence electrons. The Labute approximate surface area is 138 Å². The Morgan fingerprint density at radius 1 is 1.08 bits per heavy atom. The molecule has 0 unspecified atom stereocenters. The van der Waals surface area contributed by atoms with Gasteiger partial charge in [-0.05, 0) is 29.0 Å². The molecule has 5 nitrogen and oxygen atoms in total. The molecule has 0 aliphatic rings. The molecule has 4 aromatic rings. The summed E-state index contributed by atoms with van der Waals surface area (Å²) in [7, 11) is 0. The van der Waals surface area contributed by atoms with Crippen LogP contribution in [0.1, 0.15) is 15.9 Å². The summed E-state index contributed by atoms with van der Waals surface area (Å²) in [6, 6.07) is 19.3. The molecular formula is C19H14N4O. The minimum Gasteiger partial charge on any atom is -0.345 e. The van der Waals surface area contributed by atoms with Crippen molar-refractivity contribution in [1.82, 2.24) is 15.4 Å². The number of aromatic nitrogens is 2. The third kappa shape index (κ3) is 2.63. The number of carbonyl (C=O) groups excluding carboxylic acids is 1. The van der Waals surface area contributed by atoms with E-state index >= 15 is 0 Å². The zero-order valence-corrected chi connectivity index (χ0v) is 12.7. The van der Waals surface area contributed by atoms with Gasteiger partial charge in [0.1, 0.15) is 0 Å². The molecule has 24 heavy (non-hydrogen) atoms. The highest BCUT2D eigenvalue weighted by atomic mass is 16.2. The summed E-state index contributed by atoms with van der Waals surface area (Å²) in [6.07, 6.45) is 3.26. The van der Waals surface area contributed by atoms with Crippen LogP contribution in [0.2, 0.25) is 0 Å². The Kier molecular flexibility index (Phi) is 3.51. The molecule has 3 aromatic carbocycles. The Morgan fingerprint density at radius 3 is 2.92 bits per heavy atom. The fourth-order valence-electron chi connectivity index (χ4n) is 2.66. The average molecular weight is 314 g/mol. The lowest BCUT2D eigenvalue weighted by molar-refractivity contribution is 0.0955. The first-order valence-electron chi connectivity index (χ1n) is 7.55. The molecule has 1 heterocycles.